The molecule has 0 amide bonds. The van der Waals surface area contributed by atoms with Crippen molar-refractivity contribution >= 4 is 63.9 Å². The molecule has 5 nitrogen and oxygen atoms in total. The zero-order valence-electron chi connectivity index (χ0n) is 17.9. The minimum atomic E-state index is 0. The Morgan fingerprint density at radius 1 is 1.06 bits per heavy atom. The van der Waals surface area contributed by atoms with Crippen molar-refractivity contribution in [1.29, 1.82) is 0 Å². The molecule has 0 radical (unpaired) electrons. The van der Waals surface area contributed by atoms with E-state index in [-0.39, 0.29) is 24.8 Å². The predicted octanol–water partition coefficient (Wildman–Crippen LogP) is 6.00. The number of hydrogen-bond donors (Lipinski definition) is 1. The number of benzene rings is 2. The van der Waals surface area contributed by atoms with Gasteiger partial charge in [-0.15, -0.1) is 24.8 Å². The average molecular weight is 591 g/mol. The lowest BCUT2D eigenvalue weighted by atomic mass is 10.2. The molecule has 1 aliphatic heterocycles. The molecule has 2 aromatic carbocycles. The van der Waals surface area contributed by atoms with Gasteiger partial charge in [0.15, 0.2) is 11.5 Å². The largest absolute Gasteiger partial charge is 0.493 e. The third-order valence-electron chi connectivity index (χ3n) is 4.92. The van der Waals surface area contributed by atoms with Crippen LogP contribution in [0.1, 0.15) is 17.5 Å². The van der Waals surface area contributed by atoms with Gasteiger partial charge in [-0.2, -0.15) is 0 Å². The maximum absolute atomic E-state index is 6.08. The van der Waals surface area contributed by atoms with E-state index >= 15 is 0 Å². The Kier molecular flexibility index (Phi) is 14.3. The van der Waals surface area contributed by atoms with Crippen LogP contribution in [0.15, 0.2) is 34.8 Å². The topological polar surface area (TPSA) is 43.0 Å². The van der Waals surface area contributed by atoms with Crippen molar-refractivity contribution in [3.63, 3.8) is 0 Å². The van der Waals surface area contributed by atoms with Gasteiger partial charge in [-0.05, 0) is 70.8 Å². The van der Waals surface area contributed by atoms with Gasteiger partial charge in [0.1, 0.15) is 6.61 Å². The third-order valence-corrected chi connectivity index (χ3v) is 6.25. The number of nitrogens with zero attached hydrogens (tertiary/aromatic N) is 1. The van der Waals surface area contributed by atoms with Crippen molar-refractivity contribution < 1.29 is 14.2 Å². The Bertz CT molecular complexity index is 839. The lowest BCUT2D eigenvalue weighted by Gasteiger charge is -2.26. The molecule has 0 bridgehead atoms. The second-order valence-corrected chi connectivity index (χ2v) is 8.80. The first-order valence-electron chi connectivity index (χ1n) is 10.0. The molecule has 0 saturated carbocycles. The highest BCUT2D eigenvalue weighted by molar-refractivity contribution is 9.10. The third kappa shape index (κ3) is 9.07. The smallest absolute Gasteiger partial charge is 0.175 e. The zero-order chi connectivity index (χ0) is 21.3. The van der Waals surface area contributed by atoms with Gasteiger partial charge in [0, 0.05) is 19.6 Å². The molecule has 0 spiro atoms. The van der Waals surface area contributed by atoms with Crippen LogP contribution in [0, 0.1) is 0 Å². The molecule has 1 fully saturated rings. The Hall–Kier alpha value is -0.440. The van der Waals surface area contributed by atoms with Crippen LogP contribution < -0.4 is 14.8 Å². The zero-order valence-corrected chi connectivity index (χ0v) is 22.6. The summed E-state index contributed by atoms with van der Waals surface area (Å²) in [7, 11) is 1.65. The molecule has 1 saturated heterocycles. The maximum atomic E-state index is 6.08. The lowest BCUT2D eigenvalue weighted by Crippen LogP contribution is -2.37. The van der Waals surface area contributed by atoms with Gasteiger partial charge < -0.3 is 19.5 Å². The molecule has 180 valence electrons. The van der Waals surface area contributed by atoms with Gasteiger partial charge in [0.25, 0.3) is 0 Å². The number of nitrogens with one attached hydrogen (secondary N) is 1. The Labute approximate surface area is 221 Å². The van der Waals surface area contributed by atoms with E-state index in [2.05, 4.69) is 32.2 Å². The van der Waals surface area contributed by atoms with Crippen molar-refractivity contribution in [1.82, 2.24) is 10.2 Å². The number of rotatable bonds is 10. The minimum Gasteiger partial charge on any atom is -0.493 e. The molecule has 0 aliphatic carbocycles. The molecule has 32 heavy (non-hydrogen) atoms. The second-order valence-electron chi connectivity index (χ2n) is 7.13. The lowest BCUT2D eigenvalue weighted by molar-refractivity contribution is 0.0374. The highest BCUT2D eigenvalue weighted by atomic mass is 79.9. The fourth-order valence-electron chi connectivity index (χ4n) is 3.29. The predicted molar refractivity (Wildman–Crippen MR) is 140 cm³/mol. The van der Waals surface area contributed by atoms with Crippen molar-refractivity contribution in [2.45, 2.75) is 19.6 Å². The molecule has 1 aliphatic rings. The van der Waals surface area contributed by atoms with Crippen molar-refractivity contribution in [3.05, 3.63) is 56.0 Å². The normalized spacial score (nSPS) is 13.8. The molecule has 1 heterocycles. The first-order valence-corrected chi connectivity index (χ1v) is 11.6. The summed E-state index contributed by atoms with van der Waals surface area (Å²) in [5, 5.41) is 4.55. The van der Waals surface area contributed by atoms with Crippen molar-refractivity contribution in [2.24, 2.45) is 0 Å². The summed E-state index contributed by atoms with van der Waals surface area (Å²) in [4.78, 5) is 2.45. The summed E-state index contributed by atoms with van der Waals surface area (Å²) >= 11 is 15.7. The summed E-state index contributed by atoms with van der Waals surface area (Å²) in [6, 6.07) is 9.53. The summed E-state index contributed by atoms with van der Waals surface area (Å²) in [5.74, 6) is 1.36. The Morgan fingerprint density at radius 3 is 2.50 bits per heavy atom. The van der Waals surface area contributed by atoms with Gasteiger partial charge in [0.2, 0.25) is 0 Å². The molecule has 0 atom stereocenters. The molecule has 10 heteroatoms. The molecule has 0 unspecified atom stereocenters. The minimum absolute atomic E-state index is 0. The van der Waals surface area contributed by atoms with Crippen molar-refractivity contribution in [3.8, 4) is 11.5 Å². The van der Waals surface area contributed by atoms with Gasteiger partial charge >= 0.3 is 0 Å². The second kappa shape index (κ2) is 15.5. The summed E-state index contributed by atoms with van der Waals surface area (Å²) in [6.45, 7) is 6.97. The first kappa shape index (κ1) is 29.6. The van der Waals surface area contributed by atoms with Gasteiger partial charge in [-0.3, -0.25) is 4.90 Å². The van der Waals surface area contributed by atoms with Gasteiger partial charge in [-0.1, -0.05) is 29.3 Å². The fraction of sp³-hybridized carbons (Fsp3) is 0.455. The molecular weight excluding hydrogens is 562 g/mol. The van der Waals surface area contributed by atoms with E-state index in [1.807, 2.05) is 12.1 Å². The highest BCUT2D eigenvalue weighted by Crippen LogP contribution is 2.37. The number of ether oxygens (including phenoxy) is 3. The molecular formula is C22H29BrCl4N2O3. The molecule has 3 rings (SSSR count). The first-order chi connectivity index (χ1) is 14.6. The molecule has 1 N–H and O–H groups in total. The van der Waals surface area contributed by atoms with Crippen LogP contribution in [0.2, 0.25) is 10.0 Å². The molecule has 0 aromatic heterocycles. The molecule has 2 aromatic rings. The van der Waals surface area contributed by atoms with Crippen LogP contribution in [0.5, 0.6) is 11.5 Å². The van der Waals surface area contributed by atoms with E-state index in [0.717, 1.165) is 68.0 Å². The van der Waals surface area contributed by atoms with E-state index in [9.17, 15) is 0 Å². The SMILES string of the molecule is COc1cc(CNCCCN2CCOCC2)cc(Br)c1OCc1ccc(Cl)c(Cl)c1.Cl.Cl. The van der Waals surface area contributed by atoms with Crippen LogP contribution in [0.3, 0.4) is 0 Å². The van der Waals surface area contributed by atoms with Crippen LogP contribution in [0.4, 0.5) is 0 Å². The van der Waals surface area contributed by atoms with Crippen LogP contribution in [0.25, 0.3) is 0 Å². The van der Waals surface area contributed by atoms with Crippen LogP contribution in [-0.2, 0) is 17.9 Å². The van der Waals surface area contributed by atoms with E-state index in [4.69, 9.17) is 37.4 Å². The van der Waals surface area contributed by atoms with Crippen LogP contribution in [-0.4, -0.2) is 51.4 Å². The quantitative estimate of drug-likeness (QED) is 0.344. The monoisotopic (exact) mass is 588 g/mol. The maximum Gasteiger partial charge on any atom is 0.175 e. The van der Waals surface area contributed by atoms with E-state index in [1.165, 1.54) is 0 Å². The van der Waals surface area contributed by atoms with E-state index < -0.39 is 0 Å². The number of morpholine rings is 1. The Morgan fingerprint density at radius 2 is 1.81 bits per heavy atom. The summed E-state index contributed by atoms with van der Waals surface area (Å²) in [6.07, 6.45) is 1.11. The standard InChI is InChI=1S/C22H27BrCl2N2O3.2ClH/c1-28-21-13-17(14-26-5-2-6-27-7-9-29-10-8-27)11-18(23)22(21)30-15-16-3-4-19(24)20(25)12-16;;/h3-4,11-13,26H,2,5-10,14-15H2,1H3;2*1H. The number of methoxy groups -OCH3 is 1. The fourth-order valence-corrected chi connectivity index (χ4v) is 4.21. The summed E-state index contributed by atoms with van der Waals surface area (Å²) < 4.78 is 17.8. The average Bonchev–Trinajstić information content (AvgIpc) is 2.75. The number of halogens is 5. The van der Waals surface area contributed by atoms with E-state index in [0.29, 0.717) is 28.2 Å². The van der Waals surface area contributed by atoms with Crippen LogP contribution >= 0.6 is 63.9 Å². The van der Waals surface area contributed by atoms with Gasteiger partial charge in [-0.25, -0.2) is 0 Å². The summed E-state index contributed by atoms with van der Waals surface area (Å²) in [5.41, 5.74) is 2.07. The Balaban J connectivity index is 0.00000256. The van der Waals surface area contributed by atoms with Gasteiger partial charge in [0.05, 0.1) is 34.8 Å². The van der Waals surface area contributed by atoms with E-state index in [1.54, 1.807) is 19.2 Å². The van der Waals surface area contributed by atoms with Crippen molar-refractivity contribution in [2.75, 3.05) is 46.5 Å². The number of hydrogen-bond acceptors (Lipinski definition) is 5. The highest BCUT2D eigenvalue weighted by Gasteiger charge is 2.13.